The van der Waals surface area contributed by atoms with Crippen molar-refractivity contribution in [3.8, 4) is 5.75 Å². The van der Waals surface area contributed by atoms with E-state index in [0.717, 1.165) is 18.5 Å². The molecule has 0 aromatic heterocycles. The first-order valence-corrected chi connectivity index (χ1v) is 8.48. The Kier molecular flexibility index (Phi) is 5.54. The van der Waals surface area contributed by atoms with Gasteiger partial charge in [0.05, 0.1) is 5.56 Å². The number of halogens is 1. The van der Waals surface area contributed by atoms with Crippen LogP contribution in [0.5, 0.6) is 5.75 Å². The quantitative estimate of drug-likeness (QED) is 0.823. The van der Waals surface area contributed by atoms with Crippen LogP contribution in [0.25, 0.3) is 0 Å². The Morgan fingerprint density at radius 1 is 1.27 bits per heavy atom. The minimum absolute atomic E-state index is 0.291. The maximum Gasteiger partial charge on any atom is 0.335 e. The summed E-state index contributed by atoms with van der Waals surface area (Å²) in [6.45, 7) is 2.55. The largest absolute Gasteiger partial charge is 0.491 e. The minimum atomic E-state index is -0.924. The van der Waals surface area contributed by atoms with Gasteiger partial charge < -0.3 is 14.6 Å². The lowest BCUT2D eigenvalue weighted by Crippen LogP contribution is -2.41. The highest BCUT2D eigenvalue weighted by molar-refractivity contribution is 5.87. The van der Waals surface area contributed by atoms with Crippen LogP contribution in [0.1, 0.15) is 22.3 Å². The molecule has 1 atom stereocenters. The highest BCUT2D eigenvalue weighted by Crippen LogP contribution is 2.27. The molecule has 2 aromatic rings. The summed E-state index contributed by atoms with van der Waals surface area (Å²) in [4.78, 5) is 13.3. The summed E-state index contributed by atoms with van der Waals surface area (Å²) in [5, 5.41) is 9.11. The molecular formula is C20H22FNO4. The molecule has 1 fully saturated rings. The highest BCUT2D eigenvalue weighted by atomic mass is 19.1. The van der Waals surface area contributed by atoms with E-state index >= 15 is 0 Å². The molecule has 3 rings (SSSR count). The van der Waals surface area contributed by atoms with E-state index in [0.29, 0.717) is 31.0 Å². The summed E-state index contributed by atoms with van der Waals surface area (Å²) in [6.07, 6.45) is 0.809. The third-order valence-corrected chi connectivity index (χ3v) is 4.72. The van der Waals surface area contributed by atoms with Gasteiger partial charge in [0.1, 0.15) is 23.8 Å². The average Bonchev–Trinajstić information content (AvgIpc) is 3.05. The molecule has 26 heavy (non-hydrogen) atoms. The van der Waals surface area contributed by atoms with E-state index in [1.807, 2.05) is 6.07 Å². The molecule has 6 heteroatoms. The fourth-order valence-electron chi connectivity index (χ4n) is 3.21. The molecule has 0 aliphatic carbocycles. The summed E-state index contributed by atoms with van der Waals surface area (Å²) in [5.41, 5.74) is 0.814. The highest BCUT2D eigenvalue weighted by Gasteiger charge is 2.39. The maximum atomic E-state index is 13.0. The molecule has 1 aliphatic heterocycles. The monoisotopic (exact) mass is 359 g/mol. The van der Waals surface area contributed by atoms with Gasteiger partial charge in [0.15, 0.2) is 0 Å². The second kappa shape index (κ2) is 7.85. The maximum absolute atomic E-state index is 13.0. The molecule has 1 saturated heterocycles. The van der Waals surface area contributed by atoms with Crippen LogP contribution >= 0.6 is 0 Å². The zero-order valence-electron chi connectivity index (χ0n) is 14.7. The van der Waals surface area contributed by atoms with Crippen LogP contribution < -0.4 is 4.74 Å². The number of hydrogen-bond donors (Lipinski definition) is 1. The zero-order valence-corrected chi connectivity index (χ0v) is 14.7. The number of methoxy groups -OCH3 is 1. The first-order chi connectivity index (χ1) is 12.5. The molecule has 0 spiro atoms. The summed E-state index contributed by atoms with van der Waals surface area (Å²) in [7, 11) is 1.67. The van der Waals surface area contributed by atoms with E-state index in [4.69, 9.17) is 14.6 Å². The second-order valence-electron chi connectivity index (χ2n) is 6.60. The van der Waals surface area contributed by atoms with E-state index in [1.54, 1.807) is 37.4 Å². The van der Waals surface area contributed by atoms with Gasteiger partial charge in [0.25, 0.3) is 0 Å². The van der Waals surface area contributed by atoms with E-state index < -0.39 is 11.6 Å². The van der Waals surface area contributed by atoms with E-state index in [9.17, 15) is 9.18 Å². The summed E-state index contributed by atoms with van der Waals surface area (Å²) >= 11 is 0. The van der Waals surface area contributed by atoms with Gasteiger partial charge in [-0.1, -0.05) is 12.1 Å². The average molecular weight is 359 g/mol. The molecule has 1 heterocycles. The van der Waals surface area contributed by atoms with Crippen molar-refractivity contribution in [3.63, 3.8) is 0 Å². The number of ether oxygens (including phenoxy) is 2. The van der Waals surface area contributed by atoms with Crippen LogP contribution in [0.2, 0.25) is 0 Å². The Morgan fingerprint density at radius 2 is 2.04 bits per heavy atom. The Labute approximate surface area is 152 Å². The van der Waals surface area contributed by atoms with Gasteiger partial charge in [-0.2, -0.15) is 0 Å². The predicted molar refractivity (Wildman–Crippen MR) is 94.9 cm³/mol. The lowest BCUT2D eigenvalue weighted by Gasteiger charge is -2.28. The Balaban J connectivity index is 1.60. The lowest BCUT2D eigenvalue weighted by atomic mass is 10.0. The van der Waals surface area contributed by atoms with Crippen LogP contribution in [-0.2, 0) is 11.3 Å². The fraction of sp³-hybridized carbons (Fsp3) is 0.350. The number of nitrogens with zero attached hydrogens (tertiary/aromatic N) is 1. The Bertz CT molecular complexity index is 765. The van der Waals surface area contributed by atoms with Crippen LogP contribution in [0.3, 0.4) is 0 Å². The number of carboxylic acids is 1. The Morgan fingerprint density at radius 3 is 2.73 bits per heavy atom. The van der Waals surface area contributed by atoms with Gasteiger partial charge in [0, 0.05) is 26.7 Å². The summed E-state index contributed by atoms with van der Waals surface area (Å²) in [6, 6.07) is 12.9. The van der Waals surface area contributed by atoms with Crippen molar-refractivity contribution in [1.82, 2.24) is 4.90 Å². The van der Waals surface area contributed by atoms with Gasteiger partial charge in [-0.25, -0.2) is 9.18 Å². The molecule has 1 N–H and O–H groups in total. The predicted octanol–water partition coefficient (Wildman–Crippen LogP) is 3.19. The topological polar surface area (TPSA) is 59.0 Å². The van der Waals surface area contributed by atoms with Crippen molar-refractivity contribution in [2.45, 2.75) is 18.6 Å². The number of likely N-dealkylation sites (tertiary alicyclic amines) is 1. The van der Waals surface area contributed by atoms with Crippen LogP contribution in [0.4, 0.5) is 4.39 Å². The van der Waals surface area contributed by atoms with E-state index in [1.165, 1.54) is 12.1 Å². The number of rotatable bonds is 7. The molecular weight excluding hydrogens is 337 g/mol. The van der Waals surface area contributed by atoms with Gasteiger partial charge in [-0.05, 0) is 48.4 Å². The second-order valence-corrected chi connectivity index (χ2v) is 6.60. The molecule has 0 saturated carbocycles. The van der Waals surface area contributed by atoms with Crippen LogP contribution in [0, 0.1) is 5.82 Å². The number of hydrogen-bond acceptors (Lipinski definition) is 4. The summed E-state index contributed by atoms with van der Waals surface area (Å²) < 4.78 is 24.5. The Hall–Kier alpha value is -2.44. The van der Waals surface area contributed by atoms with Gasteiger partial charge in [0.2, 0.25) is 0 Å². The molecule has 0 amide bonds. The normalized spacial score (nSPS) is 20.2. The van der Waals surface area contributed by atoms with Crippen molar-refractivity contribution in [2.24, 2.45) is 0 Å². The molecule has 2 aromatic carbocycles. The van der Waals surface area contributed by atoms with E-state index in [-0.39, 0.29) is 5.82 Å². The van der Waals surface area contributed by atoms with Gasteiger partial charge in [-0.3, -0.25) is 4.90 Å². The van der Waals surface area contributed by atoms with Crippen LogP contribution in [-0.4, -0.2) is 48.4 Å². The third kappa shape index (κ3) is 4.39. The number of carboxylic acid groups (broad SMARTS) is 1. The number of benzene rings is 2. The first-order valence-electron chi connectivity index (χ1n) is 8.48. The van der Waals surface area contributed by atoms with Crippen molar-refractivity contribution in [3.05, 3.63) is 65.5 Å². The smallest absolute Gasteiger partial charge is 0.335 e. The fourth-order valence-corrected chi connectivity index (χ4v) is 3.21. The molecule has 5 nitrogen and oxygen atoms in total. The number of carbonyl (C=O) groups is 1. The van der Waals surface area contributed by atoms with Crippen molar-refractivity contribution >= 4 is 5.97 Å². The molecule has 0 radical (unpaired) electrons. The SMILES string of the molecule is CO[C@@]1(COc2ccc(F)cc2)CCN(Cc2cccc(C(=O)O)c2)C1. The van der Waals surface area contributed by atoms with Crippen molar-refractivity contribution < 1.29 is 23.8 Å². The molecule has 0 bridgehead atoms. The van der Waals surface area contributed by atoms with Crippen LogP contribution in [0.15, 0.2) is 48.5 Å². The first kappa shape index (κ1) is 18.4. The lowest BCUT2D eigenvalue weighted by molar-refractivity contribution is -0.0359. The zero-order chi connectivity index (χ0) is 18.6. The molecule has 0 unspecified atom stereocenters. The number of aromatic carboxylic acids is 1. The van der Waals surface area contributed by atoms with E-state index in [2.05, 4.69) is 4.90 Å². The standard InChI is InChI=1S/C20H22FNO4/c1-25-20(14-26-18-7-5-17(21)6-8-18)9-10-22(13-20)12-15-3-2-4-16(11-15)19(23)24/h2-8,11H,9-10,12-14H2,1H3,(H,23,24)/t20-/m0/s1. The van der Waals surface area contributed by atoms with Crippen molar-refractivity contribution in [2.75, 3.05) is 26.8 Å². The van der Waals surface area contributed by atoms with Crippen molar-refractivity contribution in [1.29, 1.82) is 0 Å². The van der Waals surface area contributed by atoms with Gasteiger partial charge in [-0.15, -0.1) is 0 Å². The molecule has 138 valence electrons. The molecule has 1 aliphatic rings. The summed E-state index contributed by atoms with van der Waals surface area (Å²) in [5.74, 6) is -0.614. The minimum Gasteiger partial charge on any atom is -0.491 e. The van der Waals surface area contributed by atoms with Gasteiger partial charge >= 0.3 is 5.97 Å². The third-order valence-electron chi connectivity index (χ3n) is 4.72.